The lowest BCUT2D eigenvalue weighted by Gasteiger charge is -2.08. The molecule has 1 aromatic carbocycles. The van der Waals surface area contributed by atoms with Crippen molar-refractivity contribution in [2.45, 2.75) is 19.4 Å². The first kappa shape index (κ1) is 12.3. The zero-order valence-corrected chi connectivity index (χ0v) is 9.01. The summed E-state index contributed by atoms with van der Waals surface area (Å²) in [6.07, 6.45) is -0.355. The maximum Gasteiger partial charge on any atom is 0.314 e. The molecule has 0 radical (unpaired) electrons. The van der Waals surface area contributed by atoms with E-state index < -0.39 is 22.5 Å². The van der Waals surface area contributed by atoms with Crippen LogP contribution in [0.2, 0.25) is 0 Å². The summed E-state index contributed by atoms with van der Waals surface area (Å²) in [6, 6.07) is 2.69. The van der Waals surface area contributed by atoms with E-state index in [1.165, 1.54) is 19.2 Å². The molecule has 0 amide bonds. The number of nitro benzene ring substituents is 1. The summed E-state index contributed by atoms with van der Waals surface area (Å²) in [6.45, 7) is 1.57. The molecule has 0 bridgehead atoms. The Morgan fingerprint density at radius 2 is 2.19 bits per heavy atom. The Morgan fingerprint density at radius 1 is 1.56 bits per heavy atom. The number of ether oxygens (including phenoxy) is 1. The van der Waals surface area contributed by atoms with Crippen molar-refractivity contribution in [3.8, 4) is 11.5 Å². The van der Waals surface area contributed by atoms with Crippen molar-refractivity contribution in [2.24, 2.45) is 0 Å². The van der Waals surface area contributed by atoms with Crippen molar-refractivity contribution in [3.63, 3.8) is 0 Å². The van der Waals surface area contributed by atoms with E-state index in [1.807, 2.05) is 0 Å². The van der Waals surface area contributed by atoms with Gasteiger partial charge in [0, 0.05) is 6.07 Å². The van der Waals surface area contributed by atoms with E-state index in [0.29, 0.717) is 5.56 Å². The molecule has 0 fully saturated rings. The first-order valence-electron chi connectivity index (χ1n) is 4.68. The largest absolute Gasteiger partial charge is 0.500 e. The van der Waals surface area contributed by atoms with Crippen LogP contribution in [0, 0.1) is 10.1 Å². The number of phenolic OH excluding ortho intramolecular Hbond substituents is 1. The lowest BCUT2D eigenvalue weighted by atomic mass is 10.1. The van der Waals surface area contributed by atoms with Crippen LogP contribution in [0.15, 0.2) is 12.1 Å². The third-order valence-corrected chi connectivity index (χ3v) is 2.06. The minimum absolute atomic E-state index is 0.0323. The van der Waals surface area contributed by atoms with Gasteiger partial charge >= 0.3 is 5.69 Å². The second kappa shape index (κ2) is 4.80. The molecule has 6 heteroatoms. The number of benzene rings is 1. The summed E-state index contributed by atoms with van der Waals surface area (Å²) in [5.41, 5.74) is 0.117. The maximum absolute atomic E-state index is 10.7. The molecule has 2 N–H and O–H groups in total. The van der Waals surface area contributed by atoms with Crippen molar-refractivity contribution in [1.82, 2.24) is 0 Å². The summed E-state index contributed by atoms with van der Waals surface area (Å²) in [5, 5.41) is 29.3. The number of hydrogen-bond donors (Lipinski definition) is 2. The predicted molar refractivity (Wildman–Crippen MR) is 56.7 cm³/mol. The van der Waals surface area contributed by atoms with Gasteiger partial charge in [0.25, 0.3) is 0 Å². The Balaban J connectivity index is 3.23. The second-order valence-electron chi connectivity index (χ2n) is 3.48. The maximum atomic E-state index is 10.7. The zero-order chi connectivity index (χ0) is 12.3. The molecule has 88 valence electrons. The van der Waals surface area contributed by atoms with Crippen LogP contribution in [0.25, 0.3) is 0 Å². The lowest BCUT2D eigenvalue weighted by molar-refractivity contribution is -0.386. The quantitative estimate of drug-likeness (QED) is 0.596. The highest BCUT2D eigenvalue weighted by molar-refractivity contribution is 5.57. The molecule has 1 rings (SSSR count). The average Bonchev–Trinajstić information content (AvgIpc) is 2.19. The molecule has 16 heavy (non-hydrogen) atoms. The smallest absolute Gasteiger partial charge is 0.314 e. The second-order valence-corrected chi connectivity index (χ2v) is 3.48. The predicted octanol–water partition coefficient (Wildman–Crippen LogP) is 1.23. The third kappa shape index (κ3) is 2.60. The topological polar surface area (TPSA) is 92.8 Å². The molecule has 0 aliphatic rings. The number of nitrogens with zero attached hydrogens (tertiary/aromatic N) is 1. The van der Waals surface area contributed by atoms with Gasteiger partial charge in [0.1, 0.15) is 0 Å². The third-order valence-electron chi connectivity index (χ3n) is 2.06. The molecule has 0 aromatic heterocycles. The van der Waals surface area contributed by atoms with Crippen molar-refractivity contribution >= 4 is 5.69 Å². The van der Waals surface area contributed by atoms with Crippen LogP contribution in [0.4, 0.5) is 5.69 Å². The number of nitro groups is 1. The van der Waals surface area contributed by atoms with Gasteiger partial charge in [-0.1, -0.05) is 0 Å². The summed E-state index contributed by atoms with van der Waals surface area (Å²) < 4.78 is 4.82. The Labute approximate surface area is 92.2 Å². The van der Waals surface area contributed by atoms with Crippen LogP contribution in [-0.4, -0.2) is 28.4 Å². The first-order valence-corrected chi connectivity index (χ1v) is 4.68. The molecule has 0 unspecified atom stereocenters. The van der Waals surface area contributed by atoms with Gasteiger partial charge in [0.05, 0.1) is 18.1 Å². The van der Waals surface area contributed by atoms with Crippen LogP contribution in [0.5, 0.6) is 11.5 Å². The fourth-order valence-electron chi connectivity index (χ4n) is 1.40. The Bertz CT molecular complexity index is 402. The van der Waals surface area contributed by atoms with Crippen molar-refractivity contribution in [2.75, 3.05) is 7.11 Å². The molecule has 1 aromatic rings. The van der Waals surface area contributed by atoms with Crippen LogP contribution < -0.4 is 4.74 Å². The Hall–Kier alpha value is -1.82. The van der Waals surface area contributed by atoms with Gasteiger partial charge in [0.15, 0.2) is 5.75 Å². The molecule has 0 spiro atoms. The van der Waals surface area contributed by atoms with Gasteiger partial charge in [0.2, 0.25) is 5.75 Å². The fraction of sp³-hybridized carbons (Fsp3) is 0.400. The average molecular weight is 227 g/mol. The zero-order valence-electron chi connectivity index (χ0n) is 9.01. The number of hydrogen-bond acceptors (Lipinski definition) is 5. The molecule has 0 aliphatic carbocycles. The normalized spacial score (nSPS) is 12.2. The van der Waals surface area contributed by atoms with Gasteiger partial charge in [-0.25, -0.2) is 0 Å². The lowest BCUT2D eigenvalue weighted by Crippen LogP contribution is -2.05. The molecule has 6 nitrogen and oxygen atoms in total. The van der Waals surface area contributed by atoms with E-state index in [-0.39, 0.29) is 12.2 Å². The minimum atomic E-state index is -0.691. The molecule has 0 saturated carbocycles. The Kier molecular flexibility index (Phi) is 3.68. The molecule has 1 atom stereocenters. The summed E-state index contributed by atoms with van der Waals surface area (Å²) in [4.78, 5) is 9.96. The van der Waals surface area contributed by atoms with E-state index in [4.69, 9.17) is 4.74 Å². The van der Waals surface area contributed by atoms with Gasteiger partial charge in [-0.15, -0.1) is 0 Å². The number of phenols is 1. The summed E-state index contributed by atoms with van der Waals surface area (Å²) in [5.74, 6) is -0.466. The van der Waals surface area contributed by atoms with Gasteiger partial charge in [-0.05, 0) is 25.0 Å². The highest BCUT2D eigenvalue weighted by atomic mass is 16.6. The molecular formula is C10H13NO5. The number of methoxy groups -OCH3 is 1. The molecule has 0 saturated heterocycles. The van der Waals surface area contributed by atoms with Crippen molar-refractivity contribution in [1.29, 1.82) is 0 Å². The van der Waals surface area contributed by atoms with Gasteiger partial charge in [-0.2, -0.15) is 0 Å². The van der Waals surface area contributed by atoms with E-state index in [0.717, 1.165) is 0 Å². The van der Waals surface area contributed by atoms with Gasteiger partial charge in [-0.3, -0.25) is 10.1 Å². The molecule has 0 aliphatic heterocycles. The highest BCUT2D eigenvalue weighted by Gasteiger charge is 2.20. The highest BCUT2D eigenvalue weighted by Crippen LogP contribution is 2.37. The first-order chi connectivity index (χ1) is 7.45. The number of aromatic hydroxyl groups is 1. The SMILES string of the molecule is COc1cc(C[C@@H](C)O)cc([N+](=O)[O-])c1O. The van der Waals surface area contributed by atoms with E-state index in [2.05, 4.69) is 0 Å². The van der Waals surface area contributed by atoms with Gasteiger partial charge < -0.3 is 14.9 Å². The summed E-state index contributed by atoms with van der Waals surface area (Å²) >= 11 is 0. The van der Waals surface area contributed by atoms with E-state index >= 15 is 0 Å². The van der Waals surface area contributed by atoms with Crippen LogP contribution in [0.1, 0.15) is 12.5 Å². The Morgan fingerprint density at radius 3 is 2.62 bits per heavy atom. The van der Waals surface area contributed by atoms with Crippen LogP contribution >= 0.6 is 0 Å². The fourth-order valence-corrected chi connectivity index (χ4v) is 1.40. The minimum Gasteiger partial charge on any atom is -0.500 e. The van der Waals surface area contributed by atoms with E-state index in [9.17, 15) is 20.3 Å². The molecular weight excluding hydrogens is 214 g/mol. The van der Waals surface area contributed by atoms with Crippen molar-refractivity contribution < 1.29 is 19.9 Å². The van der Waals surface area contributed by atoms with Crippen molar-refractivity contribution in [3.05, 3.63) is 27.8 Å². The number of rotatable bonds is 4. The summed E-state index contributed by atoms with van der Waals surface area (Å²) in [7, 11) is 1.31. The molecule has 0 heterocycles. The van der Waals surface area contributed by atoms with Crippen LogP contribution in [0.3, 0.4) is 0 Å². The monoisotopic (exact) mass is 227 g/mol. The standard InChI is InChI=1S/C10H13NO5/c1-6(12)3-7-4-8(11(14)15)10(13)9(5-7)16-2/h4-6,12-13H,3H2,1-2H3/t6-/m1/s1. The van der Waals surface area contributed by atoms with Crippen LogP contribution in [-0.2, 0) is 6.42 Å². The number of aliphatic hydroxyl groups excluding tert-OH is 1. The van der Waals surface area contributed by atoms with E-state index in [1.54, 1.807) is 6.92 Å². The number of aliphatic hydroxyl groups is 1.